The molecule has 178 valence electrons. The van der Waals surface area contributed by atoms with Crippen LogP contribution in [0.5, 0.6) is 5.75 Å². The van der Waals surface area contributed by atoms with E-state index in [9.17, 15) is 4.39 Å². The number of nitrogens with one attached hydrogen (secondary N) is 2. The third kappa shape index (κ3) is 8.01. The summed E-state index contributed by atoms with van der Waals surface area (Å²) in [6.07, 6.45) is 5.73. The summed E-state index contributed by atoms with van der Waals surface area (Å²) < 4.78 is 27.1. The molecule has 0 aliphatic rings. The molecular formula is C24H31FIN5O2. The van der Waals surface area contributed by atoms with Crippen LogP contribution in [0.4, 0.5) is 4.39 Å². The van der Waals surface area contributed by atoms with Crippen molar-refractivity contribution >= 4 is 29.9 Å². The fraction of sp³-hybridized carbons (Fsp3) is 0.333. The van der Waals surface area contributed by atoms with E-state index in [4.69, 9.17) is 9.47 Å². The van der Waals surface area contributed by atoms with E-state index >= 15 is 0 Å². The van der Waals surface area contributed by atoms with E-state index in [1.54, 1.807) is 43.5 Å². The number of aliphatic imine (C=N–C) groups is 1. The molecule has 1 heterocycles. The molecule has 0 amide bonds. The van der Waals surface area contributed by atoms with Crippen LogP contribution in [0.2, 0.25) is 0 Å². The second kappa shape index (κ2) is 13.8. The number of nitrogens with zero attached hydrogens (tertiary/aromatic N) is 3. The number of aromatic nitrogens is 2. The fourth-order valence-corrected chi connectivity index (χ4v) is 3.18. The van der Waals surface area contributed by atoms with Crippen LogP contribution in [0.1, 0.15) is 23.1 Å². The van der Waals surface area contributed by atoms with Crippen LogP contribution in [0.15, 0.2) is 60.1 Å². The smallest absolute Gasteiger partial charge is 0.191 e. The molecule has 0 aliphatic heterocycles. The molecule has 33 heavy (non-hydrogen) atoms. The molecule has 3 rings (SSSR count). The van der Waals surface area contributed by atoms with Gasteiger partial charge in [-0.3, -0.25) is 4.99 Å². The maximum atomic E-state index is 14.5. The van der Waals surface area contributed by atoms with Crippen molar-refractivity contribution in [2.75, 3.05) is 27.4 Å². The number of methoxy groups -OCH3 is 1. The SMILES string of the molecule is CN=C(NCc1ccc(-n2ccnc2)c(F)c1)NCc1ccc(C)cc1OCCCOC.I. The van der Waals surface area contributed by atoms with Crippen molar-refractivity contribution < 1.29 is 13.9 Å². The number of halogens is 2. The first-order chi connectivity index (χ1) is 15.6. The van der Waals surface area contributed by atoms with Crippen molar-refractivity contribution in [3.63, 3.8) is 0 Å². The molecule has 9 heteroatoms. The Bertz CT molecular complexity index is 1030. The monoisotopic (exact) mass is 567 g/mol. The number of guanidine groups is 1. The van der Waals surface area contributed by atoms with E-state index in [2.05, 4.69) is 26.7 Å². The molecule has 7 nitrogen and oxygen atoms in total. The van der Waals surface area contributed by atoms with Gasteiger partial charge in [-0.25, -0.2) is 9.37 Å². The lowest BCUT2D eigenvalue weighted by Crippen LogP contribution is -2.36. The number of rotatable bonds is 10. The quantitative estimate of drug-likeness (QED) is 0.166. The minimum absolute atomic E-state index is 0. The van der Waals surface area contributed by atoms with Gasteiger partial charge in [0.2, 0.25) is 0 Å². The van der Waals surface area contributed by atoms with Gasteiger partial charge in [0.25, 0.3) is 0 Å². The Hall–Kier alpha value is -2.66. The third-order valence-electron chi connectivity index (χ3n) is 4.90. The molecule has 0 saturated heterocycles. The Balaban J connectivity index is 0.00000385. The summed E-state index contributed by atoms with van der Waals surface area (Å²) >= 11 is 0. The highest BCUT2D eigenvalue weighted by atomic mass is 127. The van der Waals surface area contributed by atoms with Crippen LogP contribution in [-0.4, -0.2) is 42.9 Å². The molecule has 0 bridgehead atoms. The molecule has 0 fully saturated rings. The van der Waals surface area contributed by atoms with Crippen LogP contribution >= 0.6 is 24.0 Å². The average Bonchev–Trinajstić information content (AvgIpc) is 3.32. The summed E-state index contributed by atoms with van der Waals surface area (Å²) in [5, 5.41) is 6.52. The largest absolute Gasteiger partial charge is 0.493 e. The Labute approximate surface area is 211 Å². The van der Waals surface area contributed by atoms with Gasteiger partial charge in [-0.2, -0.15) is 0 Å². The first kappa shape index (κ1) is 26.6. The Morgan fingerprint density at radius 3 is 2.64 bits per heavy atom. The normalized spacial score (nSPS) is 11.1. The Morgan fingerprint density at radius 2 is 1.94 bits per heavy atom. The zero-order valence-corrected chi connectivity index (χ0v) is 21.5. The number of aryl methyl sites for hydroxylation is 1. The first-order valence-electron chi connectivity index (χ1n) is 10.5. The summed E-state index contributed by atoms with van der Waals surface area (Å²) in [5.74, 6) is 1.16. The van der Waals surface area contributed by atoms with E-state index in [1.807, 2.05) is 25.1 Å². The van der Waals surface area contributed by atoms with Crippen molar-refractivity contribution in [2.45, 2.75) is 26.4 Å². The Kier molecular flexibility index (Phi) is 11.1. The van der Waals surface area contributed by atoms with Crippen molar-refractivity contribution in [1.82, 2.24) is 20.2 Å². The van der Waals surface area contributed by atoms with Gasteiger partial charge in [-0.05, 0) is 36.2 Å². The van der Waals surface area contributed by atoms with Gasteiger partial charge in [-0.15, -0.1) is 24.0 Å². The first-order valence-corrected chi connectivity index (χ1v) is 10.5. The summed E-state index contributed by atoms with van der Waals surface area (Å²) in [6, 6.07) is 11.3. The molecule has 1 aromatic heterocycles. The zero-order valence-electron chi connectivity index (χ0n) is 19.2. The summed E-state index contributed by atoms with van der Waals surface area (Å²) in [5.41, 5.74) is 3.45. The van der Waals surface area contributed by atoms with E-state index in [0.29, 0.717) is 38.0 Å². The number of imidazole rings is 1. The minimum Gasteiger partial charge on any atom is -0.493 e. The van der Waals surface area contributed by atoms with Gasteiger partial charge in [0, 0.05) is 58.2 Å². The third-order valence-corrected chi connectivity index (χ3v) is 4.90. The molecular weight excluding hydrogens is 536 g/mol. The van der Waals surface area contributed by atoms with E-state index < -0.39 is 0 Å². The fourth-order valence-electron chi connectivity index (χ4n) is 3.18. The van der Waals surface area contributed by atoms with Crippen molar-refractivity contribution in [3.8, 4) is 11.4 Å². The van der Waals surface area contributed by atoms with E-state index in [-0.39, 0.29) is 29.8 Å². The topological polar surface area (TPSA) is 72.7 Å². The maximum absolute atomic E-state index is 14.5. The van der Waals surface area contributed by atoms with Gasteiger partial charge in [0.05, 0.1) is 18.6 Å². The van der Waals surface area contributed by atoms with Crippen molar-refractivity contribution in [2.24, 2.45) is 4.99 Å². The second-order valence-electron chi connectivity index (χ2n) is 7.34. The molecule has 3 aromatic rings. The molecule has 0 saturated carbocycles. The van der Waals surface area contributed by atoms with Gasteiger partial charge in [0.15, 0.2) is 5.96 Å². The van der Waals surface area contributed by atoms with Crippen LogP contribution in [0.25, 0.3) is 5.69 Å². The second-order valence-corrected chi connectivity index (χ2v) is 7.34. The predicted molar refractivity (Wildman–Crippen MR) is 139 cm³/mol. The molecule has 0 radical (unpaired) electrons. The Morgan fingerprint density at radius 1 is 1.12 bits per heavy atom. The van der Waals surface area contributed by atoms with Gasteiger partial charge >= 0.3 is 0 Å². The zero-order chi connectivity index (χ0) is 22.8. The van der Waals surface area contributed by atoms with Gasteiger partial charge in [-0.1, -0.05) is 18.2 Å². The molecule has 0 unspecified atom stereocenters. The van der Waals surface area contributed by atoms with Crippen molar-refractivity contribution in [3.05, 3.63) is 77.6 Å². The number of hydrogen-bond donors (Lipinski definition) is 2. The summed E-state index contributed by atoms with van der Waals surface area (Å²) in [7, 11) is 3.39. The van der Waals surface area contributed by atoms with E-state index in [1.165, 1.54) is 6.07 Å². The van der Waals surface area contributed by atoms with Gasteiger partial charge in [0.1, 0.15) is 11.6 Å². The minimum atomic E-state index is -0.305. The van der Waals surface area contributed by atoms with Crippen LogP contribution in [-0.2, 0) is 17.8 Å². The number of hydrogen-bond acceptors (Lipinski definition) is 4. The maximum Gasteiger partial charge on any atom is 0.191 e. The molecule has 0 spiro atoms. The molecule has 2 N–H and O–H groups in total. The lowest BCUT2D eigenvalue weighted by atomic mass is 10.1. The predicted octanol–water partition coefficient (Wildman–Crippen LogP) is 4.22. The molecule has 0 aliphatic carbocycles. The average molecular weight is 567 g/mol. The molecule has 2 aromatic carbocycles. The summed E-state index contributed by atoms with van der Waals surface area (Å²) in [4.78, 5) is 8.22. The lowest BCUT2D eigenvalue weighted by molar-refractivity contribution is 0.171. The highest BCUT2D eigenvalue weighted by Gasteiger charge is 2.08. The van der Waals surface area contributed by atoms with Crippen LogP contribution in [0.3, 0.4) is 0 Å². The summed E-state index contributed by atoms with van der Waals surface area (Å²) in [6.45, 7) is 4.29. The van der Waals surface area contributed by atoms with E-state index in [0.717, 1.165) is 28.9 Å². The number of benzene rings is 2. The highest BCUT2D eigenvalue weighted by Crippen LogP contribution is 2.20. The van der Waals surface area contributed by atoms with Crippen LogP contribution in [0, 0.1) is 12.7 Å². The van der Waals surface area contributed by atoms with Crippen molar-refractivity contribution in [1.29, 1.82) is 0 Å². The van der Waals surface area contributed by atoms with Crippen LogP contribution < -0.4 is 15.4 Å². The highest BCUT2D eigenvalue weighted by molar-refractivity contribution is 14.0. The lowest BCUT2D eigenvalue weighted by Gasteiger charge is -2.16. The van der Waals surface area contributed by atoms with Gasteiger partial charge < -0.3 is 24.7 Å². The standard InChI is InChI=1S/C24H30FN5O2.HI/c1-18-5-7-20(23(13-18)32-12-4-11-31-3)16-29-24(26-2)28-15-19-6-8-22(21(25)14-19)30-10-9-27-17-30;/h5-10,13-14,17H,4,11-12,15-16H2,1-3H3,(H2,26,28,29);1H. The number of ether oxygens (including phenoxy) is 2. The molecule has 0 atom stereocenters.